The topological polar surface area (TPSA) is 44.4 Å². The van der Waals surface area contributed by atoms with Crippen molar-refractivity contribution in [2.24, 2.45) is 5.92 Å². The molecule has 4 heteroatoms. The van der Waals surface area contributed by atoms with Crippen LogP contribution in [0.4, 0.5) is 4.79 Å². The van der Waals surface area contributed by atoms with Crippen LogP contribution in [0, 0.1) is 5.92 Å². The first-order chi connectivity index (χ1) is 11.0. The Bertz CT molecular complexity index is 547. The van der Waals surface area contributed by atoms with E-state index < -0.39 is 0 Å². The van der Waals surface area contributed by atoms with E-state index in [2.05, 4.69) is 66.8 Å². The van der Waals surface area contributed by atoms with E-state index in [1.807, 2.05) is 0 Å². The Morgan fingerprint density at radius 3 is 2.30 bits per heavy atom. The van der Waals surface area contributed by atoms with Crippen LogP contribution in [0.2, 0.25) is 0 Å². The van der Waals surface area contributed by atoms with E-state index in [4.69, 9.17) is 0 Å². The van der Waals surface area contributed by atoms with Crippen LogP contribution in [0.3, 0.4) is 0 Å². The van der Waals surface area contributed by atoms with Gasteiger partial charge in [0.05, 0.1) is 5.54 Å². The molecule has 1 heterocycles. The molecule has 1 aromatic carbocycles. The van der Waals surface area contributed by atoms with Crippen molar-refractivity contribution < 1.29 is 4.79 Å². The summed E-state index contributed by atoms with van der Waals surface area (Å²) in [6.45, 7) is 6.42. The Morgan fingerprint density at radius 2 is 1.78 bits per heavy atom. The van der Waals surface area contributed by atoms with Crippen LogP contribution in [0.15, 0.2) is 30.3 Å². The van der Waals surface area contributed by atoms with Gasteiger partial charge < -0.3 is 10.6 Å². The molecule has 1 aromatic rings. The van der Waals surface area contributed by atoms with Crippen LogP contribution < -0.4 is 10.6 Å². The first-order valence-corrected chi connectivity index (χ1v) is 8.79. The number of carbonyl (C=O) groups excluding carboxylic acids is 1. The highest BCUT2D eigenvalue weighted by Gasteiger charge is 2.48. The molecule has 1 aliphatic heterocycles. The number of urea groups is 1. The van der Waals surface area contributed by atoms with Gasteiger partial charge in [-0.15, -0.1) is 0 Å². The Labute approximate surface area is 139 Å². The van der Waals surface area contributed by atoms with Crippen LogP contribution in [0.25, 0.3) is 0 Å². The first kappa shape index (κ1) is 16.3. The van der Waals surface area contributed by atoms with Crippen LogP contribution >= 0.6 is 0 Å². The SMILES string of the molecule is CC(C)CN(C)C1(c2ccccc2)CCC2(CC1)CNC(=O)N2. The molecule has 126 valence electrons. The number of nitrogens with zero attached hydrogens (tertiary/aromatic N) is 1. The Balaban J connectivity index is 1.85. The zero-order chi connectivity index (χ0) is 16.5. The summed E-state index contributed by atoms with van der Waals surface area (Å²) in [5.74, 6) is 0.643. The highest BCUT2D eigenvalue weighted by molar-refractivity contribution is 5.77. The van der Waals surface area contributed by atoms with Crippen LogP contribution in [-0.2, 0) is 5.54 Å². The molecule has 2 fully saturated rings. The third-order valence-corrected chi connectivity index (χ3v) is 5.68. The predicted molar refractivity (Wildman–Crippen MR) is 93.3 cm³/mol. The molecule has 1 saturated carbocycles. The summed E-state index contributed by atoms with van der Waals surface area (Å²) in [5.41, 5.74) is 1.47. The fourth-order valence-electron chi connectivity index (χ4n) is 4.38. The van der Waals surface area contributed by atoms with E-state index in [0.717, 1.165) is 38.8 Å². The molecule has 4 nitrogen and oxygen atoms in total. The highest BCUT2D eigenvalue weighted by Crippen LogP contribution is 2.45. The van der Waals surface area contributed by atoms with Crippen molar-refractivity contribution in [1.29, 1.82) is 0 Å². The van der Waals surface area contributed by atoms with Crippen molar-refractivity contribution in [3.63, 3.8) is 0 Å². The predicted octanol–water partition coefficient (Wildman–Crippen LogP) is 3.10. The second-order valence-corrected chi connectivity index (χ2v) is 7.76. The van der Waals surface area contributed by atoms with Crippen LogP contribution in [0.5, 0.6) is 0 Å². The van der Waals surface area contributed by atoms with Gasteiger partial charge in [0, 0.05) is 18.6 Å². The lowest BCUT2D eigenvalue weighted by molar-refractivity contribution is 0.0369. The molecular formula is C19H29N3O. The summed E-state index contributed by atoms with van der Waals surface area (Å²) in [6.07, 6.45) is 4.23. The van der Waals surface area contributed by atoms with Gasteiger partial charge in [-0.3, -0.25) is 4.90 Å². The molecule has 2 amide bonds. The monoisotopic (exact) mass is 315 g/mol. The molecule has 2 aliphatic rings. The molecule has 3 rings (SSSR count). The average molecular weight is 315 g/mol. The second-order valence-electron chi connectivity index (χ2n) is 7.76. The highest BCUT2D eigenvalue weighted by atomic mass is 16.2. The van der Waals surface area contributed by atoms with Gasteiger partial charge in [-0.1, -0.05) is 44.2 Å². The van der Waals surface area contributed by atoms with Crippen molar-refractivity contribution in [3.8, 4) is 0 Å². The maximum atomic E-state index is 11.6. The molecule has 0 aromatic heterocycles. The number of hydrogen-bond donors (Lipinski definition) is 2. The van der Waals surface area contributed by atoms with Crippen molar-refractivity contribution in [1.82, 2.24) is 15.5 Å². The van der Waals surface area contributed by atoms with Gasteiger partial charge >= 0.3 is 6.03 Å². The third kappa shape index (κ3) is 3.09. The smallest absolute Gasteiger partial charge is 0.315 e. The van der Waals surface area contributed by atoms with E-state index in [-0.39, 0.29) is 17.1 Å². The number of nitrogens with one attached hydrogen (secondary N) is 2. The van der Waals surface area contributed by atoms with Crippen LogP contribution in [-0.4, -0.2) is 36.6 Å². The maximum absolute atomic E-state index is 11.6. The largest absolute Gasteiger partial charge is 0.336 e. The van der Waals surface area contributed by atoms with Gasteiger partial charge in [0.1, 0.15) is 0 Å². The summed E-state index contributed by atoms with van der Waals surface area (Å²) < 4.78 is 0. The van der Waals surface area contributed by atoms with E-state index in [0.29, 0.717) is 5.92 Å². The lowest BCUT2D eigenvalue weighted by Crippen LogP contribution is -2.55. The third-order valence-electron chi connectivity index (χ3n) is 5.68. The van der Waals surface area contributed by atoms with E-state index in [1.54, 1.807) is 0 Å². The minimum atomic E-state index is -0.0337. The maximum Gasteiger partial charge on any atom is 0.315 e. The van der Waals surface area contributed by atoms with Gasteiger partial charge in [-0.2, -0.15) is 0 Å². The number of amides is 2. The van der Waals surface area contributed by atoms with E-state index >= 15 is 0 Å². The number of carbonyl (C=O) groups is 1. The van der Waals surface area contributed by atoms with Gasteiger partial charge in [-0.25, -0.2) is 4.79 Å². The quantitative estimate of drug-likeness (QED) is 0.897. The van der Waals surface area contributed by atoms with Crippen molar-refractivity contribution in [3.05, 3.63) is 35.9 Å². The Morgan fingerprint density at radius 1 is 1.13 bits per heavy atom. The first-order valence-electron chi connectivity index (χ1n) is 8.79. The average Bonchev–Trinajstić information content (AvgIpc) is 2.89. The molecule has 23 heavy (non-hydrogen) atoms. The molecule has 0 unspecified atom stereocenters. The molecule has 0 radical (unpaired) electrons. The number of benzene rings is 1. The minimum Gasteiger partial charge on any atom is -0.336 e. The number of rotatable bonds is 4. The molecule has 1 spiro atoms. The summed E-state index contributed by atoms with van der Waals surface area (Å²) in [7, 11) is 2.26. The van der Waals surface area contributed by atoms with Gasteiger partial charge in [0.25, 0.3) is 0 Å². The molecule has 0 atom stereocenters. The summed E-state index contributed by atoms with van der Waals surface area (Å²) in [5, 5.41) is 6.11. The molecule has 1 aliphatic carbocycles. The van der Waals surface area contributed by atoms with E-state index in [1.165, 1.54) is 5.56 Å². The Kier molecular flexibility index (Phi) is 4.37. The lowest BCUT2D eigenvalue weighted by Gasteiger charge is -2.50. The van der Waals surface area contributed by atoms with Crippen LogP contribution in [0.1, 0.15) is 45.1 Å². The van der Waals surface area contributed by atoms with Crippen molar-refractivity contribution in [2.75, 3.05) is 20.1 Å². The zero-order valence-electron chi connectivity index (χ0n) is 14.6. The van der Waals surface area contributed by atoms with Crippen molar-refractivity contribution >= 4 is 6.03 Å². The molecule has 0 bridgehead atoms. The standard InChI is InChI=1S/C19H29N3O/c1-15(2)13-22(3)19(16-7-5-4-6-8-16)11-9-18(10-12-19)14-20-17(23)21-18/h4-8,15H,9-14H2,1-3H3,(H2,20,21,23). The number of hydrogen-bond acceptors (Lipinski definition) is 2. The normalized spacial score (nSPS) is 30.7. The molecule has 1 saturated heterocycles. The fraction of sp³-hybridized carbons (Fsp3) is 0.632. The lowest BCUT2D eigenvalue weighted by atomic mass is 9.68. The minimum absolute atomic E-state index is 0.00672. The second kappa shape index (κ2) is 6.16. The molecular weight excluding hydrogens is 286 g/mol. The van der Waals surface area contributed by atoms with Gasteiger partial charge in [-0.05, 0) is 44.2 Å². The summed E-state index contributed by atoms with van der Waals surface area (Å²) in [6, 6.07) is 10.9. The summed E-state index contributed by atoms with van der Waals surface area (Å²) in [4.78, 5) is 14.1. The summed E-state index contributed by atoms with van der Waals surface area (Å²) >= 11 is 0. The van der Waals surface area contributed by atoms with Gasteiger partial charge in [0.15, 0.2) is 0 Å². The van der Waals surface area contributed by atoms with E-state index in [9.17, 15) is 4.79 Å². The fourth-order valence-corrected chi connectivity index (χ4v) is 4.38. The van der Waals surface area contributed by atoms with Gasteiger partial charge in [0.2, 0.25) is 0 Å². The zero-order valence-corrected chi connectivity index (χ0v) is 14.6. The van der Waals surface area contributed by atoms with Crippen molar-refractivity contribution in [2.45, 2.75) is 50.6 Å². The molecule has 2 N–H and O–H groups in total. The Hall–Kier alpha value is -1.55.